The van der Waals surface area contributed by atoms with Gasteiger partial charge in [0.15, 0.2) is 0 Å². The molecule has 0 spiro atoms. The standard InChI is InChI=1S/C12H15BrFNO2/c1-8(5-12(16)17)15(2)7-9-6-10(13)3-4-11(9)14/h3-4,6,8H,5,7H2,1-2H3,(H,16,17). The molecule has 1 aromatic carbocycles. The summed E-state index contributed by atoms with van der Waals surface area (Å²) in [5.41, 5.74) is 0.555. The molecule has 0 saturated heterocycles. The predicted molar refractivity (Wildman–Crippen MR) is 67.3 cm³/mol. The Morgan fingerprint density at radius 1 is 1.59 bits per heavy atom. The summed E-state index contributed by atoms with van der Waals surface area (Å²) in [6, 6.07) is 4.61. The molecule has 1 unspecified atom stereocenters. The monoisotopic (exact) mass is 303 g/mol. The van der Waals surface area contributed by atoms with Gasteiger partial charge < -0.3 is 5.11 Å². The van der Waals surface area contributed by atoms with Gasteiger partial charge in [0.25, 0.3) is 0 Å². The van der Waals surface area contributed by atoms with Crippen molar-refractivity contribution in [3.63, 3.8) is 0 Å². The number of halogens is 2. The van der Waals surface area contributed by atoms with Gasteiger partial charge in [0.05, 0.1) is 6.42 Å². The van der Waals surface area contributed by atoms with E-state index < -0.39 is 5.97 Å². The van der Waals surface area contributed by atoms with E-state index in [0.717, 1.165) is 4.47 Å². The maximum Gasteiger partial charge on any atom is 0.304 e. The molecule has 1 rings (SSSR count). The zero-order valence-corrected chi connectivity index (χ0v) is 11.4. The van der Waals surface area contributed by atoms with Crippen LogP contribution in [0.1, 0.15) is 18.9 Å². The van der Waals surface area contributed by atoms with E-state index in [1.54, 1.807) is 19.2 Å². The van der Waals surface area contributed by atoms with Gasteiger partial charge in [0.1, 0.15) is 5.82 Å². The Labute approximate surface area is 108 Å². The highest BCUT2D eigenvalue weighted by atomic mass is 79.9. The average Bonchev–Trinajstić information content (AvgIpc) is 2.22. The highest BCUT2D eigenvalue weighted by molar-refractivity contribution is 9.10. The number of hydrogen-bond donors (Lipinski definition) is 1. The van der Waals surface area contributed by atoms with E-state index in [4.69, 9.17) is 5.11 Å². The average molecular weight is 304 g/mol. The van der Waals surface area contributed by atoms with Crippen LogP contribution in [-0.2, 0) is 11.3 Å². The Bertz CT molecular complexity index is 411. The van der Waals surface area contributed by atoms with E-state index >= 15 is 0 Å². The molecule has 0 radical (unpaired) electrons. The maximum absolute atomic E-state index is 13.5. The highest BCUT2D eigenvalue weighted by Gasteiger charge is 2.15. The topological polar surface area (TPSA) is 40.5 Å². The number of aliphatic carboxylic acids is 1. The van der Waals surface area contributed by atoms with E-state index in [0.29, 0.717) is 12.1 Å². The molecule has 1 atom stereocenters. The fourth-order valence-electron chi connectivity index (χ4n) is 1.50. The van der Waals surface area contributed by atoms with Gasteiger partial charge in [-0.05, 0) is 32.2 Å². The third kappa shape index (κ3) is 4.44. The largest absolute Gasteiger partial charge is 0.481 e. The number of nitrogens with zero attached hydrogens (tertiary/aromatic N) is 1. The van der Waals surface area contributed by atoms with Gasteiger partial charge in [-0.2, -0.15) is 0 Å². The molecule has 0 aliphatic carbocycles. The summed E-state index contributed by atoms with van der Waals surface area (Å²) in [6.07, 6.45) is 0.0477. The van der Waals surface area contributed by atoms with E-state index in [9.17, 15) is 9.18 Å². The second kappa shape index (κ2) is 6.12. The molecule has 0 amide bonds. The van der Waals surface area contributed by atoms with Crippen molar-refractivity contribution in [3.05, 3.63) is 34.1 Å². The summed E-state index contributed by atoms with van der Waals surface area (Å²) in [6.45, 7) is 2.20. The van der Waals surface area contributed by atoms with Crippen LogP contribution in [0.3, 0.4) is 0 Å². The first kappa shape index (κ1) is 14.1. The summed E-state index contributed by atoms with van der Waals surface area (Å²) >= 11 is 3.28. The highest BCUT2D eigenvalue weighted by Crippen LogP contribution is 2.18. The summed E-state index contributed by atoms with van der Waals surface area (Å²) < 4.78 is 14.3. The molecule has 0 aliphatic rings. The molecule has 0 aliphatic heterocycles. The maximum atomic E-state index is 13.5. The molecule has 0 aromatic heterocycles. The lowest BCUT2D eigenvalue weighted by molar-refractivity contribution is -0.138. The molecular formula is C12H15BrFNO2. The lowest BCUT2D eigenvalue weighted by Gasteiger charge is -2.23. The molecule has 94 valence electrons. The summed E-state index contributed by atoms with van der Waals surface area (Å²) in [5, 5.41) is 8.69. The first-order valence-corrected chi connectivity index (χ1v) is 6.05. The van der Waals surface area contributed by atoms with Gasteiger partial charge in [0.2, 0.25) is 0 Å². The first-order valence-electron chi connectivity index (χ1n) is 5.26. The number of rotatable bonds is 5. The SMILES string of the molecule is CC(CC(=O)O)N(C)Cc1cc(Br)ccc1F. The molecule has 17 heavy (non-hydrogen) atoms. The molecule has 0 bridgehead atoms. The minimum absolute atomic E-state index is 0.0477. The molecule has 5 heteroatoms. The van der Waals surface area contributed by atoms with Crippen molar-refractivity contribution in [1.29, 1.82) is 0 Å². The summed E-state index contributed by atoms with van der Waals surface area (Å²) in [4.78, 5) is 12.4. The van der Waals surface area contributed by atoms with E-state index in [-0.39, 0.29) is 18.3 Å². The van der Waals surface area contributed by atoms with Crippen molar-refractivity contribution >= 4 is 21.9 Å². The Kier molecular flexibility index (Phi) is 5.08. The summed E-state index contributed by atoms with van der Waals surface area (Å²) in [5.74, 6) is -1.12. The molecule has 0 fully saturated rings. The van der Waals surface area contributed by atoms with E-state index in [1.165, 1.54) is 6.07 Å². The second-order valence-corrected chi connectivity index (χ2v) is 5.01. The van der Waals surface area contributed by atoms with Crippen molar-refractivity contribution < 1.29 is 14.3 Å². The van der Waals surface area contributed by atoms with Crippen LogP contribution in [0.2, 0.25) is 0 Å². The lowest BCUT2D eigenvalue weighted by atomic mass is 10.1. The van der Waals surface area contributed by atoms with Crippen molar-refractivity contribution in [1.82, 2.24) is 4.90 Å². The van der Waals surface area contributed by atoms with E-state index in [1.807, 2.05) is 11.8 Å². The van der Waals surface area contributed by atoms with Crippen LogP contribution >= 0.6 is 15.9 Å². The molecule has 1 N–H and O–H groups in total. The van der Waals surface area contributed by atoms with Crippen LogP contribution in [0.4, 0.5) is 4.39 Å². The molecular weight excluding hydrogens is 289 g/mol. The van der Waals surface area contributed by atoms with Crippen LogP contribution in [0.25, 0.3) is 0 Å². The fraction of sp³-hybridized carbons (Fsp3) is 0.417. The van der Waals surface area contributed by atoms with Crippen LogP contribution in [0.15, 0.2) is 22.7 Å². The van der Waals surface area contributed by atoms with Crippen LogP contribution in [-0.4, -0.2) is 29.1 Å². The number of hydrogen-bond acceptors (Lipinski definition) is 2. The van der Waals surface area contributed by atoms with Gasteiger partial charge in [-0.1, -0.05) is 15.9 Å². The van der Waals surface area contributed by atoms with Crippen LogP contribution in [0, 0.1) is 5.82 Å². The Hall–Kier alpha value is -0.940. The zero-order valence-electron chi connectivity index (χ0n) is 9.78. The van der Waals surface area contributed by atoms with E-state index in [2.05, 4.69) is 15.9 Å². The van der Waals surface area contributed by atoms with Gasteiger partial charge in [-0.25, -0.2) is 4.39 Å². The third-order valence-electron chi connectivity index (χ3n) is 2.65. The predicted octanol–water partition coefficient (Wildman–Crippen LogP) is 2.88. The number of carboxylic acids is 1. The van der Waals surface area contributed by atoms with Crippen LogP contribution in [0.5, 0.6) is 0 Å². The quantitative estimate of drug-likeness (QED) is 0.909. The van der Waals surface area contributed by atoms with Crippen molar-refractivity contribution in [3.8, 4) is 0 Å². The van der Waals surface area contributed by atoms with Gasteiger partial charge in [-0.3, -0.25) is 9.69 Å². The molecule has 3 nitrogen and oxygen atoms in total. The minimum Gasteiger partial charge on any atom is -0.481 e. The minimum atomic E-state index is -0.848. The molecule has 1 aromatic rings. The first-order chi connectivity index (χ1) is 7.90. The van der Waals surface area contributed by atoms with Crippen molar-refractivity contribution in [2.45, 2.75) is 25.9 Å². The second-order valence-electron chi connectivity index (χ2n) is 4.10. The van der Waals surface area contributed by atoms with Gasteiger partial charge in [-0.15, -0.1) is 0 Å². The number of carboxylic acid groups (broad SMARTS) is 1. The number of benzene rings is 1. The van der Waals surface area contributed by atoms with Crippen LogP contribution < -0.4 is 0 Å². The third-order valence-corrected chi connectivity index (χ3v) is 3.14. The fourth-order valence-corrected chi connectivity index (χ4v) is 1.91. The van der Waals surface area contributed by atoms with Gasteiger partial charge in [0, 0.05) is 22.6 Å². The Morgan fingerprint density at radius 2 is 2.24 bits per heavy atom. The number of carbonyl (C=O) groups is 1. The van der Waals surface area contributed by atoms with Crippen molar-refractivity contribution in [2.24, 2.45) is 0 Å². The molecule has 0 heterocycles. The molecule has 0 saturated carbocycles. The van der Waals surface area contributed by atoms with Gasteiger partial charge >= 0.3 is 5.97 Å². The Morgan fingerprint density at radius 3 is 2.82 bits per heavy atom. The zero-order chi connectivity index (χ0) is 13.0. The Balaban J connectivity index is 2.70. The smallest absolute Gasteiger partial charge is 0.304 e. The normalized spacial score (nSPS) is 12.8. The van der Waals surface area contributed by atoms with Crippen molar-refractivity contribution in [2.75, 3.05) is 7.05 Å². The summed E-state index contributed by atoms with van der Waals surface area (Å²) in [7, 11) is 1.79. The lowest BCUT2D eigenvalue weighted by Crippen LogP contribution is -2.30.